The first-order valence-electron chi connectivity index (χ1n) is 6.25. The van der Waals surface area contributed by atoms with Gasteiger partial charge in [0, 0.05) is 24.1 Å². The van der Waals surface area contributed by atoms with Crippen molar-refractivity contribution in [1.82, 2.24) is 10.2 Å². The van der Waals surface area contributed by atoms with Gasteiger partial charge >= 0.3 is 5.97 Å². The summed E-state index contributed by atoms with van der Waals surface area (Å²) in [6, 6.07) is 6.71. The van der Waals surface area contributed by atoms with Gasteiger partial charge in [0.2, 0.25) is 0 Å². The van der Waals surface area contributed by atoms with Crippen LogP contribution in [0.25, 0.3) is 0 Å². The second kappa shape index (κ2) is 7.78. The van der Waals surface area contributed by atoms with Gasteiger partial charge in [-0.25, -0.2) is 0 Å². The smallest absolute Gasteiger partial charge is 0.326 e. The Bertz CT molecular complexity index is 528. The summed E-state index contributed by atoms with van der Waals surface area (Å²) in [5.74, 6) is -1.36. The highest BCUT2D eigenvalue weighted by molar-refractivity contribution is 9.10. The SMILES string of the molecule is C[C@H](OC(=O)CNC(=O)c1ccc(Br)cc1)C(=O)N(C)C. The quantitative estimate of drug-likeness (QED) is 0.804. The van der Waals surface area contributed by atoms with Crippen LogP contribution in [0.15, 0.2) is 28.7 Å². The van der Waals surface area contributed by atoms with Crippen LogP contribution in [0.3, 0.4) is 0 Å². The minimum absolute atomic E-state index is 0.292. The molecule has 0 spiro atoms. The number of rotatable bonds is 5. The number of esters is 1. The van der Waals surface area contributed by atoms with Crippen molar-refractivity contribution in [2.75, 3.05) is 20.6 Å². The second-order valence-electron chi connectivity index (χ2n) is 4.55. The Morgan fingerprint density at radius 2 is 1.81 bits per heavy atom. The number of likely N-dealkylation sites (N-methyl/N-ethyl adjacent to an activating group) is 1. The number of carbonyl (C=O) groups is 3. The number of hydrogen-bond donors (Lipinski definition) is 1. The Morgan fingerprint density at radius 1 is 1.24 bits per heavy atom. The molecule has 0 saturated heterocycles. The van der Waals surface area contributed by atoms with Crippen LogP contribution in [0, 0.1) is 0 Å². The lowest BCUT2D eigenvalue weighted by atomic mass is 10.2. The average Bonchev–Trinajstić information content (AvgIpc) is 2.44. The molecule has 0 heterocycles. The summed E-state index contributed by atoms with van der Waals surface area (Å²) in [4.78, 5) is 36.2. The highest BCUT2D eigenvalue weighted by Crippen LogP contribution is 2.10. The Kier molecular flexibility index (Phi) is 6.36. The molecule has 0 aromatic heterocycles. The topological polar surface area (TPSA) is 75.7 Å². The molecule has 114 valence electrons. The molecule has 0 aliphatic heterocycles. The van der Waals surface area contributed by atoms with Crippen LogP contribution in [-0.4, -0.2) is 49.4 Å². The summed E-state index contributed by atoms with van der Waals surface area (Å²) in [5, 5.41) is 2.44. The predicted molar refractivity (Wildman–Crippen MR) is 80.7 cm³/mol. The molecule has 6 nitrogen and oxygen atoms in total. The second-order valence-corrected chi connectivity index (χ2v) is 5.47. The molecule has 1 N–H and O–H groups in total. The Hall–Kier alpha value is -1.89. The van der Waals surface area contributed by atoms with E-state index in [1.54, 1.807) is 38.4 Å². The third kappa shape index (κ3) is 5.55. The molecule has 1 aromatic carbocycles. The normalized spacial score (nSPS) is 11.4. The van der Waals surface area contributed by atoms with Crippen molar-refractivity contribution in [3.63, 3.8) is 0 Å². The monoisotopic (exact) mass is 356 g/mol. The molecule has 0 saturated carbocycles. The minimum atomic E-state index is -0.878. The van der Waals surface area contributed by atoms with Gasteiger partial charge in [0.05, 0.1) is 0 Å². The van der Waals surface area contributed by atoms with Crippen LogP contribution in [-0.2, 0) is 14.3 Å². The Balaban J connectivity index is 2.44. The van der Waals surface area contributed by atoms with E-state index in [9.17, 15) is 14.4 Å². The Morgan fingerprint density at radius 3 is 2.33 bits per heavy atom. The van der Waals surface area contributed by atoms with E-state index in [2.05, 4.69) is 21.2 Å². The van der Waals surface area contributed by atoms with Gasteiger partial charge < -0.3 is 15.0 Å². The summed E-state index contributed by atoms with van der Waals surface area (Å²) in [6.07, 6.45) is -0.878. The van der Waals surface area contributed by atoms with Crippen LogP contribution in [0.2, 0.25) is 0 Å². The van der Waals surface area contributed by atoms with Crippen molar-refractivity contribution in [3.8, 4) is 0 Å². The maximum Gasteiger partial charge on any atom is 0.326 e. The molecule has 0 aliphatic rings. The molecule has 7 heteroatoms. The fourth-order valence-corrected chi connectivity index (χ4v) is 1.77. The van der Waals surface area contributed by atoms with Crippen molar-refractivity contribution in [1.29, 1.82) is 0 Å². The van der Waals surface area contributed by atoms with Gasteiger partial charge in [0.15, 0.2) is 6.10 Å². The zero-order valence-corrected chi connectivity index (χ0v) is 13.6. The van der Waals surface area contributed by atoms with E-state index in [0.717, 1.165) is 4.47 Å². The van der Waals surface area contributed by atoms with Gasteiger partial charge in [0.25, 0.3) is 11.8 Å². The molecule has 1 atom stereocenters. The van der Waals surface area contributed by atoms with Crippen molar-refractivity contribution < 1.29 is 19.1 Å². The maximum absolute atomic E-state index is 11.8. The van der Waals surface area contributed by atoms with Crippen molar-refractivity contribution in [2.24, 2.45) is 0 Å². The van der Waals surface area contributed by atoms with Gasteiger partial charge in [-0.1, -0.05) is 15.9 Å². The standard InChI is InChI=1S/C14H17BrN2O4/c1-9(14(20)17(2)3)21-12(18)8-16-13(19)10-4-6-11(15)7-5-10/h4-7,9H,8H2,1-3H3,(H,16,19)/t9-/m0/s1. The van der Waals surface area contributed by atoms with Crippen LogP contribution < -0.4 is 5.32 Å². The number of benzene rings is 1. The first kappa shape index (κ1) is 17.2. The molecular formula is C14H17BrN2O4. The predicted octanol–water partition coefficient (Wildman–Crippen LogP) is 1.20. The largest absolute Gasteiger partial charge is 0.451 e. The Labute approximate surface area is 131 Å². The van der Waals surface area contributed by atoms with E-state index in [1.165, 1.54) is 11.8 Å². The number of ether oxygens (including phenoxy) is 1. The van der Waals surface area contributed by atoms with Crippen molar-refractivity contribution >= 4 is 33.7 Å². The van der Waals surface area contributed by atoms with Gasteiger partial charge in [-0.2, -0.15) is 0 Å². The third-order valence-electron chi connectivity index (χ3n) is 2.60. The average molecular weight is 357 g/mol. The van der Waals surface area contributed by atoms with Crippen LogP contribution >= 0.6 is 15.9 Å². The van der Waals surface area contributed by atoms with Crippen molar-refractivity contribution in [2.45, 2.75) is 13.0 Å². The highest BCUT2D eigenvalue weighted by atomic mass is 79.9. The maximum atomic E-state index is 11.8. The van der Waals surface area contributed by atoms with Crippen molar-refractivity contribution in [3.05, 3.63) is 34.3 Å². The fourth-order valence-electron chi connectivity index (χ4n) is 1.51. The summed E-state index contributed by atoms with van der Waals surface area (Å²) in [5.41, 5.74) is 0.434. The van der Waals surface area contributed by atoms with Gasteiger partial charge in [-0.3, -0.25) is 14.4 Å². The number of halogens is 1. The van der Waals surface area contributed by atoms with E-state index >= 15 is 0 Å². The first-order chi connectivity index (χ1) is 9.81. The zero-order chi connectivity index (χ0) is 16.0. The summed E-state index contributed by atoms with van der Waals surface area (Å²) in [7, 11) is 3.14. The molecule has 0 unspecified atom stereocenters. The third-order valence-corrected chi connectivity index (χ3v) is 3.13. The van der Waals surface area contributed by atoms with Gasteiger partial charge in [-0.05, 0) is 31.2 Å². The molecule has 0 fully saturated rings. The number of amides is 2. The lowest BCUT2D eigenvalue weighted by Gasteiger charge is -2.17. The number of hydrogen-bond acceptors (Lipinski definition) is 4. The van der Waals surface area contributed by atoms with E-state index in [-0.39, 0.29) is 18.4 Å². The minimum Gasteiger partial charge on any atom is -0.451 e. The summed E-state index contributed by atoms with van der Waals surface area (Å²) >= 11 is 3.27. The van der Waals surface area contributed by atoms with Gasteiger partial charge in [-0.15, -0.1) is 0 Å². The molecule has 2 amide bonds. The molecule has 0 bridgehead atoms. The molecule has 1 aromatic rings. The highest BCUT2D eigenvalue weighted by Gasteiger charge is 2.19. The zero-order valence-electron chi connectivity index (χ0n) is 12.1. The van der Waals surface area contributed by atoms with Crippen LogP contribution in [0.1, 0.15) is 17.3 Å². The van der Waals surface area contributed by atoms with Crippen LogP contribution in [0.4, 0.5) is 0 Å². The molecular weight excluding hydrogens is 340 g/mol. The fraction of sp³-hybridized carbons (Fsp3) is 0.357. The summed E-state index contributed by atoms with van der Waals surface area (Å²) in [6.45, 7) is 1.19. The molecule has 21 heavy (non-hydrogen) atoms. The number of carbonyl (C=O) groups excluding carboxylic acids is 3. The number of nitrogens with zero attached hydrogens (tertiary/aromatic N) is 1. The lowest BCUT2D eigenvalue weighted by Crippen LogP contribution is -2.38. The van der Waals surface area contributed by atoms with E-state index in [1.807, 2.05) is 0 Å². The van der Waals surface area contributed by atoms with E-state index < -0.39 is 12.1 Å². The lowest BCUT2D eigenvalue weighted by molar-refractivity contribution is -0.157. The molecule has 1 rings (SSSR count). The van der Waals surface area contributed by atoms with Gasteiger partial charge in [0.1, 0.15) is 6.54 Å². The molecule has 0 radical (unpaired) electrons. The van der Waals surface area contributed by atoms with E-state index in [4.69, 9.17) is 4.74 Å². The van der Waals surface area contributed by atoms with Crippen LogP contribution in [0.5, 0.6) is 0 Å². The summed E-state index contributed by atoms with van der Waals surface area (Å²) < 4.78 is 5.78. The molecule has 0 aliphatic carbocycles. The number of nitrogens with one attached hydrogen (secondary N) is 1. The first-order valence-corrected chi connectivity index (χ1v) is 7.05. The van der Waals surface area contributed by atoms with E-state index in [0.29, 0.717) is 5.56 Å².